The average Bonchev–Trinajstić information content (AvgIpc) is 2.43. The van der Waals surface area contributed by atoms with Gasteiger partial charge in [-0.15, -0.1) is 0 Å². The van der Waals surface area contributed by atoms with E-state index in [4.69, 9.17) is 5.11 Å². The number of aliphatic carboxylic acids is 1. The van der Waals surface area contributed by atoms with Gasteiger partial charge in [0.05, 0.1) is 23.1 Å². The first-order valence-corrected chi connectivity index (χ1v) is 4.86. The summed E-state index contributed by atoms with van der Waals surface area (Å²) in [6.45, 7) is 2.43. The predicted octanol–water partition coefficient (Wildman–Crippen LogP) is 1.68. The first-order valence-electron chi connectivity index (χ1n) is 4.07. The van der Waals surface area contributed by atoms with Crippen LogP contribution in [-0.2, 0) is 17.8 Å². The van der Waals surface area contributed by atoms with Crippen molar-refractivity contribution in [2.75, 3.05) is 0 Å². The zero-order chi connectivity index (χ0) is 9.84. The van der Waals surface area contributed by atoms with Gasteiger partial charge < -0.3 is 5.11 Å². The molecule has 0 bridgehead atoms. The molecule has 1 heterocycles. The fraction of sp³-hybridized carbons (Fsp3) is 0.500. The molecule has 0 amide bonds. The Labute approximate surface area is 84.7 Å². The summed E-state index contributed by atoms with van der Waals surface area (Å²) in [6, 6.07) is 0. The minimum absolute atomic E-state index is 0.108. The third kappa shape index (κ3) is 2.84. The lowest BCUT2D eigenvalue weighted by Gasteiger charge is -1.96. The molecule has 72 valence electrons. The van der Waals surface area contributed by atoms with Crippen molar-refractivity contribution in [3.8, 4) is 0 Å². The van der Waals surface area contributed by atoms with Crippen LogP contribution in [0.5, 0.6) is 0 Å². The maximum Gasteiger partial charge on any atom is 0.305 e. The lowest BCUT2D eigenvalue weighted by atomic mass is 10.3. The van der Waals surface area contributed by atoms with Gasteiger partial charge in [0.15, 0.2) is 0 Å². The summed E-state index contributed by atoms with van der Waals surface area (Å²) < 4.78 is 2.59. The number of aromatic nitrogens is 2. The van der Waals surface area contributed by atoms with Gasteiger partial charge in [0.25, 0.3) is 0 Å². The fourth-order valence-electron chi connectivity index (χ4n) is 1.00. The van der Waals surface area contributed by atoms with E-state index in [0.717, 1.165) is 16.6 Å². The SMILES string of the molecule is CCc1nn(CCC(=O)O)cc1Br. The quantitative estimate of drug-likeness (QED) is 0.880. The number of nitrogens with zero attached hydrogens (tertiary/aromatic N) is 2. The molecule has 13 heavy (non-hydrogen) atoms. The molecule has 1 N–H and O–H groups in total. The highest BCUT2D eigenvalue weighted by Crippen LogP contribution is 2.15. The van der Waals surface area contributed by atoms with E-state index in [2.05, 4.69) is 21.0 Å². The van der Waals surface area contributed by atoms with Crippen molar-refractivity contribution >= 4 is 21.9 Å². The summed E-state index contributed by atoms with van der Waals surface area (Å²) >= 11 is 3.35. The van der Waals surface area contributed by atoms with Gasteiger partial charge in [-0.25, -0.2) is 0 Å². The van der Waals surface area contributed by atoms with Crippen LogP contribution in [0.3, 0.4) is 0 Å². The number of aryl methyl sites for hydroxylation is 2. The van der Waals surface area contributed by atoms with Gasteiger partial charge in [-0.2, -0.15) is 5.10 Å². The van der Waals surface area contributed by atoms with Gasteiger partial charge in [0.1, 0.15) is 0 Å². The lowest BCUT2D eigenvalue weighted by Crippen LogP contribution is -2.05. The van der Waals surface area contributed by atoms with E-state index in [-0.39, 0.29) is 6.42 Å². The van der Waals surface area contributed by atoms with Crippen molar-refractivity contribution in [1.29, 1.82) is 0 Å². The molecule has 0 fully saturated rings. The number of hydrogen-bond donors (Lipinski definition) is 1. The number of hydrogen-bond acceptors (Lipinski definition) is 2. The topological polar surface area (TPSA) is 55.1 Å². The van der Waals surface area contributed by atoms with Crippen LogP contribution in [0.15, 0.2) is 10.7 Å². The standard InChI is InChI=1S/C8H11BrN2O2/c1-2-7-6(9)5-11(10-7)4-3-8(12)13/h5H,2-4H2,1H3,(H,12,13). The van der Waals surface area contributed by atoms with Gasteiger partial charge in [-0.1, -0.05) is 6.92 Å². The van der Waals surface area contributed by atoms with Crippen LogP contribution in [0, 0.1) is 0 Å². The molecular formula is C8H11BrN2O2. The monoisotopic (exact) mass is 246 g/mol. The van der Waals surface area contributed by atoms with Crippen molar-refractivity contribution in [3.63, 3.8) is 0 Å². The number of halogens is 1. The van der Waals surface area contributed by atoms with Crippen molar-refractivity contribution in [2.45, 2.75) is 26.3 Å². The molecule has 4 nitrogen and oxygen atoms in total. The number of carboxylic acids is 1. The minimum Gasteiger partial charge on any atom is -0.481 e. The molecule has 0 aromatic carbocycles. The largest absolute Gasteiger partial charge is 0.481 e. The molecular weight excluding hydrogens is 236 g/mol. The second-order valence-corrected chi connectivity index (χ2v) is 3.54. The Kier molecular flexibility index (Phi) is 3.48. The zero-order valence-corrected chi connectivity index (χ0v) is 8.91. The zero-order valence-electron chi connectivity index (χ0n) is 7.33. The van der Waals surface area contributed by atoms with Crippen LogP contribution < -0.4 is 0 Å². The Hall–Kier alpha value is -0.840. The highest BCUT2D eigenvalue weighted by atomic mass is 79.9. The average molecular weight is 247 g/mol. The predicted molar refractivity (Wildman–Crippen MR) is 51.6 cm³/mol. The lowest BCUT2D eigenvalue weighted by molar-refractivity contribution is -0.137. The molecule has 1 aromatic rings. The molecule has 0 aliphatic carbocycles. The summed E-state index contributed by atoms with van der Waals surface area (Å²) in [5.41, 5.74) is 0.963. The van der Waals surface area contributed by atoms with Gasteiger partial charge >= 0.3 is 5.97 Å². The van der Waals surface area contributed by atoms with E-state index in [1.807, 2.05) is 13.1 Å². The van der Waals surface area contributed by atoms with Crippen LogP contribution in [0.2, 0.25) is 0 Å². The summed E-state index contributed by atoms with van der Waals surface area (Å²) in [5, 5.41) is 12.7. The Morgan fingerprint density at radius 3 is 2.92 bits per heavy atom. The normalized spacial score (nSPS) is 10.3. The van der Waals surface area contributed by atoms with Crippen molar-refractivity contribution < 1.29 is 9.90 Å². The van der Waals surface area contributed by atoms with E-state index in [1.165, 1.54) is 0 Å². The molecule has 0 unspecified atom stereocenters. The Balaban J connectivity index is 2.62. The molecule has 0 saturated heterocycles. The van der Waals surface area contributed by atoms with Crippen LogP contribution in [0.25, 0.3) is 0 Å². The summed E-state index contributed by atoms with van der Waals surface area (Å²) in [5.74, 6) is -0.801. The molecule has 1 aromatic heterocycles. The smallest absolute Gasteiger partial charge is 0.305 e. The van der Waals surface area contributed by atoms with Crippen LogP contribution in [0.4, 0.5) is 0 Å². The molecule has 0 atom stereocenters. The van der Waals surface area contributed by atoms with Crippen LogP contribution in [0.1, 0.15) is 19.0 Å². The van der Waals surface area contributed by atoms with E-state index in [0.29, 0.717) is 6.54 Å². The molecule has 0 aliphatic rings. The number of carboxylic acid groups (broad SMARTS) is 1. The Morgan fingerprint density at radius 1 is 1.77 bits per heavy atom. The van der Waals surface area contributed by atoms with E-state index in [9.17, 15) is 4.79 Å². The minimum atomic E-state index is -0.801. The van der Waals surface area contributed by atoms with E-state index >= 15 is 0 Å². The van der Waals surface area contributed by atoms with Crippen molar-refractivity contribution in [2.24, 2.45) is 0 Å². The van der Waals surface area contributed by atoms with Gasteiger partial charge in [0.2, 0.25) is 0 Å². The second-order valence-electron chi connectivity index (χ2n) is 2.68. The highest BCUT2D eigenvalue weighted by molar-refractivity contribution is 9.10. The van der Waals surface area contributed by atoms with Gasteiger partial charge in [0, 0.05) is 6.20 Å². The van der Waals surface area contributed by atoms with E-state index < -0.39 is 5.97 Å². The Bertz CT molecular complexity index is 309. The maximum atomic E-state index is 10.3. The maximum absolute atomic E-state index is 10.3. The summed E-state index contributed by atoms with van der Waals surface area (Å²) in [7, 11) is 0. The third-order valence-corrected chi connectivity index (χ3v) is 2.34. The Morgan fingerprint density at radius 2 is 2.46 bits per heavy atom. The van der Waals surface area contributed by atoms with Crippen molar-refractivity contribution in [1.82, 2.24) is 9.78 Å². The molecule has 0 saturated carbocycles. The van der Waals surface area contributed by atoms with Crippen LogP contribution >= 0.6 is 15.9 Å². The first kappa shape index (κ1) is 10.2. The third-order valence-electron chi connectivity index (χ3n) is 1.68. The van der Waals surface area contributed by atoms with Crippen molar-refractivity contribution in [3.05, 3.63) is 16.4 Å². The second kappa shape index (κ2) is 4.41. The number of carbonyl (C=O) groups is 1. The molecule has 0 radical (unpaired) electrons. The fourth-order valence-corrected chi connectivity index (χ4v) is 1.60. The van der Waals surface area contributed by atoms with Crippen LogP contribution in [-0.4, -0.2) is 20.9 Å². The van der Waals surface area contributed by atoms with Gasteiger partial charge in [-0.05, 0) is 22.4 Å². The molecule has 1 rings (SSSR count). The highest BCUT2D eigenvalue weighted by Gasteiger charge is 2.05. The van der Waals surface area contributed by atoms with Gasteiger partial charge in [-0.3, -0.25) is 9.48 Å². The summed E-state index contributed by atoms with van der Waals surface area (Å²) in [6.07, 6.45) is 2.76. The number of rotatable bonds is 4. The first-order chi connectivity index (χ1) is 6.13. The van der Waals surface area contributed by atoms with E-state index in [1.54, 1.807) is 4.68 Å². The molecule has 0 aliphatic heterocycles. The molecule has 5 heteroatoms. The summed E-state index contributed by atoms with van der Waals surface area (Å²) in [4.78, 5) is 10.3. The molecule has 0 spiro atoms.